The van der Waals surface area contributed by atoms with Crippen LogP contribution in [0.5, 0.6) is 0 Å². The van der Waals surface area contributed by atoms with E-state index in [0.29, 0.717) is 4.68 Å². The van der Waals surface area contributed by atoms with Gasteiger partial charge >= 0.3 is 12.1 Å². The van der Waals surface area contributed by atoms with E-state index in [-0.39, 0.29) is 22.2 Å². The van der Waals surface area contributed by atoms with Crippen molar-refractivity contribution in [2.75, 3.05) is 13.0 Å². The van der Waals surface area contributed by atoms with Crippen molar-refractivity contribution in [1.82, 2.24) is 14.9 Å². The number of rotatable bonds is 4. The summed E-state index contributed by atoms with van der Waals surface area (Å²) in [5.41, 5.74) is 0.184. The number of furan rings is 1. The SMILES string of the molecule is COC(=O)c1ccoc1CSc1nnc(C(F)(F)F)n1N. The lowest BCUT2D eigenvalue weighted by Crippen LogP contribution is -2.21. The minimum absolute atomic E-state index is 0.0463. The second-order valence-corrected chi connectivity index (χ2v) is 4.65. The highest BCUT2D eigenvalue weighted by Gasteiger charge is 2.38. The number of nitrogens with two attached hydrogens (primary N) is 1. The molecule has 0 spiro atoms. The summed E-state index contributed by atoms with van der Waals surface area (Å²) < 4.78 is 47.5. The minimum Gasteiger partial charge on any atom is -0.468 e. The van der Waals surface area contributed by atoms with Crippen LogP contribution in [0.4, 0.5) is 13.2 Å². The predicted molar refractivity (Wildman–Crippen MR) is 64.8 cm³/mol. The smallest absolute Gasteiger partial charge is 0.453 e. The normalized spacial score (nSPS) is 11.6. The van der Waals surface area contributed by atoms with Crippen molar-refractivity contribution in [3.63, 3.8) is 0 Å². The number of thioether (sulfide) groups is 1. The molecule has 114 valence electrons. The van der Waals surface area contributed by atoms with Crippen molar-refractivity contribution >= 4 is 17.7 Å². The molecule has 21 heavy (non-hydrogen) atoms. The zero-order valence-electron chi connectivity index (χ0n) is 10.5. The van der Waals surface area contributed by atoms with Crippen LogP contribution in [0, 0.1) is 0 Å². The van der Waals surface area contributed by atoms with Crippen molar-refractivity contribution in [3.8, 4) is 0 Å². The standard InChI is InChI=1S/C10H9F3N4O3S/c1-19-7(18)5-2-3-20-6(5)4-21-9-16-15-8(17(9)14)10(11,12)13/h2-3H,4,14H2,1H3. The Hall–Kier alpha value is -2.17. The van der Waals surface area contributed by atoms with Gasteiger partial charge in [-0.15, -0.1) is 10.2 Å². The first-order valence-corrected chi connectivity index (χ1v) is 6.38. The van der Waals surface area contributed by atoms with Crippen LogP contribution in [0.15, 0.2) is 21.9 Å². The van der Waals surface area contributed by atoms with Crippen molar-refractivity contribution in [2.45, 2.75) is 17.1 Å². The number of hydrogen-bond acceptors (Lipinski definition) is 7. The van der Waals surface area contributed by atoms with Gasteiger partial charge in [-0.05, 0) is 6.07 Å². The van der Waals surface area contributed by atoms with Gasteiger partial charge in [-0.3, -0.25) is 0 Å². The summed E-state index contributed by atoms with van der Waals surface area (Å²) in [5.74, 6) is 3.65. The quantitative estimate of drug-likeness (QED) is 0.520. The van der Waals surface area contributed by atoms with Crippen LogP contribution in [0.3, 0.4) is 0 Å². The Morgan fingerprint density at radius 3 is 2.81 bits per heavy atom. The van der Waals surface area contributed by atoms with Crippen LogP contribution < -0.4 is 5.84 Å². The molecule has 0 fully saturated rings. The number of aromatic nitrogens is 3. The van der Waals surface area contributed by atoms with E-state index in [1.807, 2.05) is 0 Å². The first-order chi connectivity index (χ1) is 9.84. The van der Waals surface area contributed by atoms with Crippen molar-refractivity contribution in [2.24, 2.45) is 0 Å². The second-order valence-electron chi connectivity index (χ2n) is 3.71. The third kappa shape index (κ3) is 3.12. The van der Waals surface area contributed by atoms with E-state index < -0.39 is 18.0 Å². The molecule has 11 heteroatoms. The van der Waals surface area contributed by atoms with Crippen molar-refractivity contribution < 1.29 is 27.1 Å². The number of nitrogens with zero attached hydrogens (tertiary/aromatic N) is 3. The fourth-order valence-corrected chi connectivity index (χ4v) is 2.25. The third-order valence-corrected chi connectivity index (χ3v) is 3.34. The Morgan fingerprint density at radius 1 is 1.52 bits per heavy atom. The van der Waals surface area contributed by atoms with Crippen LogP contribution in [0.2, 0.25) is 0 Å². The molecule has 0 aromatic carbocycles. The van der Waals surface area contributed by atoms with Crippen molar-refractivity contribution in [1.29, 1.82) is 0 Å². The van der Waals surface area contributed by atoms with Crippen LogP contribution in [-0.4, -0.2) is 28.0 Å². The fraction of sp³-hybridized carbons (Fsp3) is 0.300. The predicted octanol–water partition coefficient (Wildman–Crippen LogP) is 1.68. The van der Waals surface area contributed by atoms with E-state index in [9.17, 15) is 18.0 Å². The number of halogens is 3. The molecule has 2 heterocycles. The summed E-state index contributed by atoms with van der Waals surface area (Å²) in [6.45, 7) is 0. The molecule has 0 radical (unpaired) electrons. The molecule has 0 aliphatic heterocycles. The van der Waals surface area contributed by atoms with E-state index in [1.54, 1.807) is 0 Å². The average Bonchev–Trinajstić information content (AvgIpc) is 3.01. The molecule has 2 aromatic heterocycles. The summed E-state index contributed by atoms with van der Waals surface area (Å²) in [4.78, 5) is 11.4. The maximum Gasteiger partial charge on any atom is 0.453 e. The number of carbonyl (C=O) groups is 1. The highest BCUT2D eigenvalue weighted by molar-refractivity contribution is 7.98. The summed E-state index contributed by atoms with van der Waals surface area (Å²) in [7, 11) is 1.21. The molecule has 0 saturated heterocycles. The van der Waals surface area contributed by atoms with Crippen LogP contribution in [0.25, 0.3) is 0 Å². The number of alkyl halides is 3. The van der Waals surface area contributed by atoms with E-state index in [4.69, 9.17) is 10.3 Å². The first-order valence-electron chi connectivity index (χ1n) is 5.39. The highest BCUT2D eigenvalue weighted by atomic mass is 32.2. The molecular weight excluding hydrogens is 313 g/mol. The zero-order valence-corrected chi connectivity index (χ0v) is 11.4. The van der Waals surface area contributed by atoms with Gasteiger partial charge in [0.05, 0.1) is 19.1 Å². The van der Waals surface area contributed by atoms with Gasteiger partial charge in [-0.1, -0.05) is 11.8 Å². The highest BCUT2D eigenvalue weighted by Crippen LogP contribution is 2.30. The van der Waals surface area contributed by atoms with Crippen molar-refractivity contribution in [3.05, 3.63) is 29.5 Å². The Labute approximate surface area is 120 Å². The summed E-state index contributed by atoms with van der Waals surface area (Å²) in [6, 6.07) is 1.40. The molecule has 2 aromatic rings. The number of carbonyl (C=O) groups excluding carboxylic acids is 1. The fourth-order valence-electron chi connectivity index (χ4n) is 1.44. The lowest BCUT2D eigenvalue weighted by atomic mass is 10.3. The number of hydrogen-bond donors (Lipinski definition) is 1. The van der Waals surface area contributed by atoms with Gasteiger partial charge in [0.1, 0.15) is 11.3 Å². The van der Waals surface area contributed by atoms with Gasteiger partial charge in [0.15, 0.2) is 0 Å². The number of esters is 1. The zero-order chi connectivity index (χ0) is 15.6. The van der Waals surface area contributed by atoms with Crippen LogP contribution in [-0.2, 0) is 16.7 Å². The topological polar surface area (TPSA) is 96.2 Å². The Balaban J connectivity index is 2.13. The maximum atomic E-state index is 12.5. The maximum absolute atomic E-state index is 12.5. The lowest BCUT2D eigenvalue weighted by molar-refractivity contribution is -0.146. The number of methoxy groups -OCH3 is 1. The first kappa shape index (κ1) is 15.2. The second kappa shape index (κ2) is 5.68. The van der Waals surface area contributed by atoms with Crippen LogP contribution >= 0.6 is 11.8 Å². The largest absolute Gasteiger partial charge is 0.468 e. The Morgan fingerprint density at radius 2 is 2.24 bits per heavy atom. The van der Waals surface area contributed by atoms with E-state index in [0.717, 1.165) is 11.8 Å². The van der Waals surface area contributed by atoms with Gasteiger partial charge in [-0.25, -0.2) is 9.47 Å². The van der Waals surface area contributed by atoms with Gasteiger partial charge in [-0.2, -0.15) is 13.2 Å². The molecule has 0 bridgehead atoms. The summed E-state index contributed by atoms with van der Waals surface area (Å²) >= 11 is 0.847. The molecule has 0 saturated carbocycles. The monoisotopic (exact) mass is 322 g/mol. The molecule has 2 rings (SSSR count). The average molecular weight is 322 g/mol. The number of nitrogen functional groups attached to an aromatic ring is 1. The van der Waals surface area contributed by atoms with Gasteiger partial charge < -0.3 is 15.0 Å². The minimum atomic E-state index is -4.69. The Bertz CT molecular complexity index is 652. The van der Waals surface area contributed by atoms with E-state index in [1.165, 1.54) is 19.4 Å². The lowest BCUT2D eigenvalue weighted by Gasteiger charge is -2.05. The van der Waals surface area contributed by atoms with Gasteiger partial charge in [0.2, 0.25) is 5.16 Å². The Kier molecular flexibility index (Phi) is 4.11. The van der Waals surface area contributed by atoms with Gasteiger partial charge in [0.25, 0.3) is 5.82 Å². The van der Waals surface area contributed by atoms with Gasteiger partial charge in [0, 0.05) is 0 Å². The summed E-state index contributed by atoms with van der Waals surface area (Å²) in [5, 5.41) is 6.17. The molecule has 7 nitrogen and oxygen atoms in total. The molecule has 0 atom stereocenters. The van der Waals surface area contributed by atoms with E-state index >= 15 is 0 Å². The molecule has 0 aliphatic carbocycles. The van der Waals surface area contributed by atoms with E-state index in [2.05, 4.69) is 14.9 Å². The summed E-state index contributed by atoms with van der Waals surface area (Å²) in [6.07, 6.45) is -3.42. The van der Waals surface area contributed by atoms with Crippen LogP contribution in [0.1, 0.15) is 21.9 Å². The molecule has 2 N–H and O–H groups in total. The number of ether oxygens (including phenoxy) is 1. The molecular formula is C10H9F3N4O3S. The molecule has 0 amide bonds. The third-order valence-electron chi connectivity index (χ3n) is 2.40. The molecule has 0 unspecified atom stereocenters. The molecule has 0 aliphatic rings.